The number of nitrogens with one attached hydrogen (secondary N) is 2. The number of ether oxygens (including phenoxy) is 2. The van der Waals surface area contributed by atoms with Crippen LogP contribution in [0, 0.1) is 0 Å². The standard InChI is InChI=1S/C15H21ClN2O3.ClH/c1-20-15(5-7-17-8-6-15)14(19)18-9-10-21-13-4-2-3-12(16)11-13;/h2-4,11,17H,5-10H2,1H3,(H,18,19);1H. The van der Waals surface area contributed by atoms with Crippen molar-refractivity contribution in [1.82, 2.24) is 10.6 Å². The molecule has 0 spiro atoms. The normalized spacial score (nSPS) is 16.5. The highest BCUT2D eigenvalue weighted by Gasteiger charge is 2.39. The molecule has 1 aromatic carbocycles. The van der Waals surface area contributed by atoms with Crippen molar-refractivity contribution < 1.29 is 14.3 Å². The lowest BCUT2D eigenvalue weighted by molar-refractivity contribution is -0.146. The summed E-state index contributed by atoms with van der Waals surface area (Å²) in [6.07, 6.45) is 1.37. The average Bonchev–Trinajstić information content (AvgIpc) is 2.52. The number of halogens is 2. The summed E-state index contributed by atoms with van der Waals surface area (Å²) < 4.78 is 11.0. The van der Waals surface area contributed by atoms with Gasteiger partial charge in [0.2, 0.25) is 0 Å². The lowest BCUT2D eigenvalue weighted by Crippen LogP contribution is -2.54. The molecule has 1 aliphatic rings. The minimum atomic E-state index is -0.707. The maximum absolute atomic E-state index is 12.3. The molecular formula is C15H22Cl2N2O3. The zero-order valence-corrected chi connectivity index (χ0v) is 14.1. The Kier molecular flexibility index (Phi) is 7.96. The van der Waals surface area contributed by atoms with Crippen LogP contribution in [0.5, 0.6) is 5.75 Å². The van der Waals surface area contributed by atoms with Gasteiger partial charge < -0.3 is 20.1 Å². The predicted molar refractivity (Wildman–Crippen MR) is 89.0 cm³/mol. The fourth-order valence-corrected chi connectivity index (χ4v) is 2.59. The van der Waals surface area contributed by atoms with Gasteiger partial charge in [0.25, 0.3) is 5.91 Å². The van der Waals surface area contributed by atoms with Crippen LogP contribution in [0.4, 0.5) is 0 Å². The number of carbonyl (C=O) groups is 1. The van der Waals surface area contributed by atoms with Crippen LogP contribution in [0.1, 0.15) is 12.8 Å². The molecule has 1 saturated heterocycles. The molecule has 1 aliphatic heterocycles. The quantitative estimate of drug-likeness (QED) is 0.772. The number of piperidine rings is 1. The summed E-state index contributed by atoms with van der Waals surface area (Å²) in [7, 11) is 1.59. The summed E-state index contributed by atoms with van der Waals surface area (Å²) in [5.74, 6) is 0.626. The molecule has 1 fully saturated rings. The van der Waals surface area contributed by atoms with Gasteiger partial charge >= 0.3 is 0 Å². The second kappa shape index (κ2) is 9.20. The molecule has 0 unspecified atom stereocenters. The first kappa shape index (κ1) is 19.0. The number of hydrogen-bond acceptors (Lipinski definition) is 4. The van der Waals surface area contributed by atoms with Crippen LogP contribution >= 0.6 is 24.0 Å². The van der Waals surface area contributed by atoms with E-state index in [9.17, 15) is 4.79 Å². The molecular weight excluding hydrogens is 327 g/mol. The van der Waals surface area contributed by atoms with Gasteiger partial charge in [-0.15, -0.1) is 12.4 Å². The first-order chi connectivity index (χ1) is 10.2. The summed E-state index contributed by atoms with van der Waals surface area (Å²) >= 11 is 5.87. The average molecular weight is 349 g/mol. The van der Waals surface area contributed by atoms with Gasteiger partial charge in [-0.05, 0) is 44.1 Å². The molecule has 2 N–H and O–H groups in total. The molecule has 0 aliphatic carbocycles. The highest BCUT2D eigenvalue weighted by Crippen LogP contribution is 2.22. The van der Waals surface area contributed by atoms with Gasteiger partial charge in [0.1, 0.15) is 18.0 Å². The van der Waals surface area contributed by atoms with Gasteiger partial charge in [0, 0.05) is 12.1 Å². The Bertz CT molecular complexity index is 480. The number of rotatable bonds is 6. The van der Waals surface area contributed by atoms with E-state index in [1.165, 1.54) is 0 Å². The van der Waals surface area contributed by atoms with E-state index in [2.05, 4.69) is 10.6 Å². The van der Waals surface area contributed by atoms with E-state index < -0.39 is 5.60 Å². The first-order valence-electron chi connectivity index (χ1n) is 7.09. The van der Waals surface area contributed by atoms with Crippen molar-refractivity contribution >= 4 is 29.9 Å². The Morgan fingerprint density at radius 2 is 2.14 bits per heavy atom. The van der Waals surface area contributed by atoms with E-state index in [1.54, 1.807) is 19.2 Å². The van der Waals surface area contributed by atoms with E-state index in [4.69, 9.17) is 21.1 Å². The van der Waals surface area contributed by atoms with Crippen LogP contribution in [0.2, 0.25) is 5.02 Å². The van der Waals surface area contributed by atoms with Crippen molar-refractivity contribution in [2.24, 2.45) is 0 Å². The molecule has 124 valence electrons. The van der Waals surface area contributed by atoms with Gasteiger partial charge in [-0.1, -0.05) is 17.7 Å². The Morgan fingerprint density at radius 3 is 2.77 bits per heavy atom. The minimum absolute atomic E-state index is 0. The number of methoxy groups -OCH3 is 1. The van der Waals surface area contributed by atoms with Gasteiger partial charge in [-0.3, -0.25) is 4.79 Å². The molecule has 5 nitrogen and oxygen atoms in total. The Morgan fingerprint density at radius 1 is 1.41 bits per heavy atom. The Balaban J connectivity index is 0.00000242. The van der Waals surface area contributed by atoms with Crippen LogP contribution in [-0.4, -0.2) is 44.9 Å². The van der Waals surface area contributed by atoms with Crippen LogP contribution < -0.4 is 15.4 Å². The van der Waals surface area contributed by atoms with Crippen molar-refractivity contribution in [2.75, 3.05) is 33.4 Å². The second-order valence-electron chi connectivity index (χ2n) is 5.01. The molecule has 0 bridgehead atoms. The van der Waals surface area contributed by atoms with Crippen LogP contribution in [-0.2, 0) is 9.53 Å². The van der Waals surface area contributed by atoms with E-state index in [-0.39, 0.29) is 18.3 Å². The first-order valence-corrected chi connectivity index (χ1v) is 7.47. The Labute approximate surface area is 142 Å². The van der Waals surface area contributed by atoms with Crippen molar-refractivity contribution in [3.05, 3.63) is 29.3 Å². The van der Waals surface area contributed by atoms with Crippen molar-refractivity contribution in [3.63, 3.8) is 0 Å². The summed E-state index contributed by atoms with van der Waals surface area (Å²) in [4.78, 5) is 12.3. The smallest absolute Gasteiger partial charge is 0.252 e. The summed E-state index contributed by atoms with van der Waals surface area (Å²) in [5, 5.41) is 6.73. The molecule has 1 aromatic rings. The summed E-state index contributed by atoms with van der Waals surface area (Å²) in [5.41, 5.74) is -0.707. The zero-order chi connectivity index (χ0) is 15.1. The van der Waals surface area contributed by atoms with Gasteiger partial charge in [0.15, 0.2) is 0 Å². The fourth-order valence-electron chi connectivity index (χ4n) is 2.41. The Hall–Kier alpha value is -1.01. The van der Waals surface area contributed by atoms with Crippen molar-refractivity contribution in [3.8, 4) is 5.75 Å². The monoisotopic (exact) mass is 348 g/mol. The third kappa shape index (κ3) is 5.02. The molecule has 1 heterocycles. The van der Waals surface area contributed by atoms with Crippen LogP contribution in [0.3, 0.4) is 0 Å². The van der Waals surface area contributed by atoms with E-state index >= 15 is 0 Å². The second-order valence-corrected chi connectivity index (χ2v) is 5.45. The number of benzene rings is 1. The van der Waals surface area contributed by atoms with Crippen molar-refractivity contribution in [1.29, 1.82) is 0 Å². The molecule has 0 radical (unpaired) electrons. The van der Waals surface area contributed by atoms with Gasteiger partial charge in [-0.2, -0.15) is 0 Å². The third-order valence-corrected chi connectivity index (χ3v) is 3.90. The topological polar surface area (TPSA) is 59.6 Å². The maximum atomic E-state index is 12.3. The number of amides is 1. The van der Waals surface area contributed by atoms with Crippen LogP contribution in [0.25, 0.3) is 0 Å². The van der Waals surface area contributed by atoms with Gasteiger partial charge in [0.05, 0.1) is 6.54 Å². The third-order valence-electron chi connectivity index (χ3n) is 3.67. The molecule has 7 heteroatoms. The molecule has 1 amide bonds. The highest BCUT2D eigenvalue weighted by molar-refractivity contribution is 6.30. The number of carbonyl (C=O) groups excluding carboxylic acids is 1. The molecule has 2 rings (SSSR count). The highest BCUT2D eigenvalue weighted by atomic mass is 35.5. The molecule has 0 saturated carbocycles. The van der Waals surface area contributed by atoms with Gasteiger partial charge in [-0.25, -0.2) is 0 Å². The molecule has 0 atom stereocenters. The van der Waals surface area contributed by atoms with Crippen LogP contribution in [0.15, 0.2) is 24.3 Å². The van der Waals surface area contributed by atoms with E-state index in [0.717, 1.165) is 13.1 Å². The van der Waals surface area contributed by atoms with Crippen molar-refractivity contribution in [2.45, 2.75) is 18.4 Å². The summed E-state index contributed by atoms with van der Waals surface area (Å²) in [6.45, 7) is 2.41. The SMILES string of the molecule is COC1(C(=O)NCCOc2cccc(Cl)c2)CCNCC1.Cl. The molecule has 22 heavy (non-hydrogen) atoms. The van der Waals surface area contributed by atoms with E-state index in [0.29, 0.717) is 36.8 Å². The lowest BCUT2D eigenvalue weighted by atomic mass is 9.91. The van der Waals surface area contributed by atoms with E-state index in [1.807, 2.05) is 12.1 Å². The largest absolute Gasteiger partial charge is 0.492 e. The number of hydrogen-bond donors (Lipinski definition) is 2. The minimum Gasteiger partial charge on any atom is -0.492 e. The summed E-state index contributed by atoms with van der Waals surface area (Å²) in [6, 6.07) is 7.19. The maximum Gasteiger partial charge on any atom is 0.252 e. The fraction of sp³-hybridized carbons (Fsp3) is 0.533. The predicted octanol–water partition coefficient (Wildman–Crippen LogP) is 2.03. The zero-order valence-electron chi connectivity index (χ0n) is 12.6. The lowest BCUT2D eigenvalue weighted by Gasteiger charge is -2.34. The molecule has 0 aromatic heterocycles.